The first kappa shape index (κ1) is 18.6. The van der Waals surface area contributed by atoms with Gasteiger partial charge in [0.15, 0.2) is 0 Å². The van der Waals surface area contributed by atoms with Crippen LogP contribution in [-0.2, 0) is 10.7 Å². The summed E-state index contributed by atoms with van der Waals surface area (Å²) in [5.41, 5.74) is 2.42. The number of ether oxygens (including phenoxy) is 1. The van der Waals surface area contributed by atoms with E-state index in [1.54, 1.807) is 18.1 Å². The van der Waals surface area contributed by atoms with Crippen molar-refractivity contribution in [1.29, 1.82) is 0 Å². The van der Waals surface area contributed by atoms with E-state index in [1.807, 2.05) is 13.8 Å². The largest absolute Gasteiger partial charge is 0.492 e. The number of benzene rings is 1. The van der Waals surface area contributed by atoms with E-state index in [9.17, 15) is 13.2 Å². The molecule has 0 fully saturated rings. The fourth-order valence-corrected chi connectivity index (χ4v) is 2.66. The Bertz CT molecular complexity index is 607. The average molecular weight is 344 g/mol. The molecule has 0 saturated carbocycles. The van der Waals surface area contributed by atoms with E-state index in [-0.39, 0.29) is 11.7 Å². The molecule has 0 aliphatic carbocycles. The van der Waals surface area contributed by atoms with Gasteiger partial charge in [0.25, 0.3) is 5.92 Å². The number of hydrogen-bond acceptors (Lipinski definition) is 4. The highest BCUT2D eigenvalue weighted by Gasteiger charge is 2.35. The lowest BCUT2D eigenvalue weighted by molar-refractivity contribution is -0.0584. The fraction of sp³-hybridized carbons (Fsp3) is 0.529. The molecule has 0 aromatic heterocycles. The third-order valence-electron chi connectivity index (χ3n) is 3.90. The number of alkyl halides is 2. The van der Waals surface area contributed by atoms with Crippen molar-refractivity contribution < 1.29 is 23.0 Å². The summed E-state index contributed by atoms with van der Waals surface area (Å²) in [5, 5.41) is 10.6. The van der Waals surface area contributed by atoms with Gasteiger partial charge in [-0.25, -0.2) is 9.82 Å². The number of hydrazine groups is 1. The van der Waals surface area contributed by atoms with Crippen LogP contribution in [0, 0.1) is 5.82 Å². The van der Waals surface area contributed by atoms with Crippen molar-refractivity contribution in [3.8, 4) is 0 Å². The molecule has 0 saturated heterocycles. The molecule has 7 heteroatoms. The van der Waals surface area contributed by atoms with E-state index < -0.39 is 30.0 Å². The van der Waals surface area contributed by atoms with E-state index in [1.165, 1.54) is 12.1 Å². The van der Waals surface area contributed by atoms with Gasteiger partial charge in [-0.3, -0.25) is 0 Å². The summed E-state index contributed by atoms with van der Waals surface area (Å²) in [7, 11) is 0. The Kier molecular flexibility index (Phi) is 5.77. The number of allylic oxidation sites excluding steroid dienone is 1. The van der Waals surface area contributed by atoms with Gasteiger partial charge in [-0.15, -0.1) is 0 Å². The molecule has 0 spiro atoms. The monoisotopic (exact) mass is 344 g/mol. The number of halogens is 3. The topological polar surface area (TPSA) is 44.7 Å². The second-order valence-corrected chi connectivity index (χ2v) is 5.95. The molecule has 2 atom stereocenters. The number of nitrogens with zero attached hydrogens (tertiary/aromatic N) is 1. The summed E-state index contributed by atoms with van der Waals surface area (Å²) in [6, 6.07) is 3.29. The molecular weight excluding hydrogens is 321 g/mol. The predicted octanol–water partition coefficient (Wildman–Crippen LogP) is 3.45. The first-order chi connectivity index (χ1) is 11.3. The summed E-state index contributed by atoms with van der Waals surface area (Å²) in [5.74, 6) is -3.81. The Hall–Kier alpha value is -1.73. The Labute approximate surface area is 139 Å². The van der Waals surface area contributed by atoms with Gasteiger partial charge in [-0.2, -0.15) is 8.78 Å². The molecule has 4 nitrogen and oxygen atoms in total. The average Bonchev–Trinajstić information content (AvgIpc) is 2.54. The second kappa shape index (κ2) is 7.44. The Morgan fingerprint density at radius 2 is 2.17 bits per heavy atom. The number of aliphatic hydroxyl groups is 1. The van der Waals surface area contributed by atoms with Crippen molar-refractivity contribution in [2.75, 3.05) is 13.2 Å². The maximum atomic E-state index is 14.5. The SMILES string of the molecule is CCC1=CN(NC(C)c2cccc(C(F)(F)CO)c2F)C[C@@H](C)O1. The fourth-order valence-electron chi connectivity index (χ4n) is 2.66. The molecule has 2 N–H and O–H groups in total. The summed E-state index contributed by atoms with van der Waals surface area (Å²) >= 11 is 0. The first-order valence-electron chi connectivity index (χ1n) is 7.96. The van der Waals surface area contributed by atoms with Gasteiger partial charge >= 0.3 is 0 Å². The molecule has 1 aromatic carbocycles. The van der Waals surface area contributed by atoms with Crippen molar-refractivity contribution >= 4 is 0 Å². The predicted molar refractivity (Wildman–Crippen MR) is 84.6 cm³/mol. The number of hydrogen-bond donors (Lipinski definition) is 2. The third kappa shape index (κ3) is 4.02. The quantitative estimate of drug-likeness (QED) is 0.830. The van der Waals surface area contributed by atoms with E-state index in [4.69, 9.17) is 9.84 Å². The van der Waals surface area contributed by atoms with Crippen LogP contribution in [0.1, 0.15) is 44.4 Å². The van der Waals surface area contributed by atoms with E-state index in [0.717, 1.165) is 18.2 Å². The molecule has 2 rings (SSSR count). The molecule has 134 valence electrons. The molecule has 1 unspecified atom stereocenters. The normalized spacial score (nSPS) is 19.7. The van der Waals surface area contributed by atoms with Gasteiger partial charge in [0.1, 0.15) is 24.3 Å². The van der Waals surface area contributed by atoms with Crippen molar-refractivity contribution in [1.82, 2.24) is 10.4 Å². The summed E-state index contributed by atoms with van der Waals surface area (Å²) in [4.78, 5) is 0. The van der Waals surface area contributed by atoms with Crippen molar-refractivity contribution in [3.05, 3.63) is 47.1 Å². The molecule has 1 aromatic rings. The molecule has 0 radical (unpaired) electrons. The van der Waals surface area contributed by atoms with E-state index in [0.29, 0.717) is 6.54 Å². The van der Waals surface area contributed by atoms with Crippen molar-refractivity contribution in [2.24, 2.45) is 0 Å². The van der Waals surface area contributed by atoms with E-state index >= 15 is 0 Å². The summed E-state index contributed by atoms with van der Waals surface area (Å²) < 4.78 is 47.4. The minimum atomic E-state index is -3.61. The molecule has 1 aliphatic rings. The molecule has 1 aliphatic heterocycles. The zero-order valence-electron chi connectivity index (χ0n) is 14.0. The Balaban J connectivity index is 2.21. The standard InChI is InChI=1S/C17H23F3N2O2/c1-4-13-9-22(8-11(2)24-13)21-12(3)14-6-5-7-15(16(14)18)17(19,20)10-23/h5-7,9,11-12,21,23H,4,8,10H2,1-3H3/t11-,12?/m1/s1. The smallest absolute Gasteiger partial charge is 0.298 e. The van der Waals surface area contributed by atoms with Crippen molar-refractivity contribution in [2.45, 2.75) is 45.3 Å². The van der Waals surface area contributed by atoms with E-state index in [2.05, 4.69) is 5.43 Å². The lowest BCUT2D eigenvalue weighted by atomic mass is 10.0. The van der Waals surface area contributed by atoms with Gasteiger partial charge in [0.2, 0.25) is 0 Å². The van der Waals surface area contributed by atoms with Crippen LogP contribution in [0.4, 0.5) is 13.2 Å². The zero-order chi connectivity index (χ0) is 17.9. The molecular formula is C17H23F3N2O2. The highest BCUT2D eigenvalue weighted by molar-refractivity contribution is 5.31. The Morgan fingerprint density at radius 1 is 1.46 bits per heavy atom. The summed E-state index contributed by atoms with van der Waals surface area (Å²) in [6.45, 7) is 4.70. The van der Waals surface area contributed by atoms with Gasteiger partial charge in [0, 0.05) is 12.0 Å². The minimum Gasteiger partial charge on any atom is -0.492 e. The minimum absolute atomic E-state index is 0.0282. The van der Waals surface area contributed by atoms with Gasteiger partial charge < -0.3 is 14.9 Å². The van der Waals surface area contributed by atoms with Crippen LogP contribution < -0.4 is 5.43 Å². The zero-order valence-corrected chi connectivity index (χ0v) is 14.0. The van der Waals surface area contributed by atoms with Crippen LogP contribution >= 0.6 is 0 Å². The lowest BCUT2D eigenvalue weighted by Crippen LogP contribution is -2.43. The van der Waals surface area contributed by atoms with Crippen LogP contribution in [0.3, 0.4) is 0 Å². The second-order valence-electron chi connectivity index (χ2n) is 5.95. The molecule has 24 heavy (non-hydrogen) atoms. The van der Waals surface area contributed by atoms with Crippen LogP contribution in [0.25, 0.3) is 0 Å². The lowest BCUT2D eigenvalue weighted by Gasteiger charge is -2.34. The highest BCUT2D eigenvalue weighted by atomic mass is 19.3. The van der Waals surface area contributed by atoms with Crippen LogP contribution in [-0.4, -0.2) is 29.4 Å². The van der Waals surface area contributed by atoms with Crippen LogP contribution in [0.15, 0.2) is 30.2 Å². The Morgan fingerprint density at radius 3 is 2.79 bits per heavy atom. The summed E-state index contributed by atoms with van der Waals surface area (Å²) in [6.07, 6.45) is 2.49. The maximum Gasteiger partial charge on any atom is 0.298 e. The van der Waals surface area contributed by atoms with Crippen LogP contribution in [0.5, 0.6) is 0 Å². The maximum absolute atomic E-state index is 14.5. The van der Waals surface area contributed by atoms with Gasteiger partial charge in [-0.05, 0) is 19.9 Å². The molecule has 0 bridgehead atoms. The number of nitrogens with one attached hydrogen (secondary N) is 1. The van der Waals surface area contributed by atoms with Gasteiger partial charge in [-0.1, -0.05) is 19.1 Å². The third-order valence-corrected chi connectivity index (χ3v) is 3.90. The number of rotatable bonds is 6. The van der Waals surface area contributed by atoms with Crippen molar-refractivity contribution in [3.63, 3.8) is 0 Å². The van der Waals surface area contributed by atoms with Gasteiger partial charge in [0.05, 0.1) is 24.4 Å². The highest BCUT2D eigenvalue weighted by Crippen LogP contribution is 2.32. The van der Waals surface area contributed by atoms with Crippen LogP contribution in [0.2, 0.25) is 0 Å². The first-order valence-corrected chi connectivity index (χ1v) is 7.96. The molecule has 0 amide bonds. The molecule has 1 heterocycles. The number of aliphatic hydroxyl groups excluding tert-OH is 1.